The zero-order valence-electron chi connectivity index (χ0n) is 24.5. The second-order valence-corrected chi connectivity index (χ2v) is 13.2. The third kappa shape index (κ3) is 6.53. The van der Waals surface area contributed by atoms with Crippen LogP contribution in [0.1, 0.15) is 23.2 Å². The number of sulfone groups is 1. The van der Waals surface area contributed by atoms with Gasteiger partial charge in [-0.2, -0.15) is 5.10 Å². The second kappa shape index (κ2) is 12.5. The molecule has 2 saturated heterocycles. The highest BCUT2D eigenvalue weighted by atomic mass is 32.2. The molecule has 45 heavy (non-hydrogen) atoms. The van der Waals surface area contributed by atoms with Crippen LogP contribution in [0, 0.1) is 17.6 Å². The standard InChI is InChI=1S/C31H32F2N6O5S/c1-38-8-10-39(11-9-38)22-2-4-25(28(17-22)34-30(40)19-6-12-44-13-7-19)31(41)35-29-26-18-23(3-5-27(26)36-37-29)45(42,43)24-15-20(32)14-21(33)16-24/h2-5,14-19H,6-13H2,1H3,(H,34,40)(H2,35,36,37,41). The number of aromatic nitrogens is 2. The summed E-state index contributed by atoms with van der Waals surface area (Å²) >= 11 is 0. The predicted octanol–water partition coefficient (Wildman–Crippen LogP) is 4.04. The van der Waals surface area contributed by atoms with Crippen LogP contribution < -0.4 is 15.5 Å². The Kier molecular flexibility index (Phi) is 8.53. The number of aromatic amines is 1. The fourth-order valence-corrected chi connectivity index (χ4v) is 6.87. The van der Waals surface area contributed by atoms with E-state index in [0.717, 1.165) is 44.0 Å². The second-order valence-electron chi connectivity index (χ2n) is 11.2. The molecule has 6 rings (SSSR count). The van der Waals surface area contributed by atoms with E-state index < -0.39 is 32.3 Å². The third-order valence-electron chi connectivity index (χ3n) is 8.19. The molecule has 0 atom stereocenters. The van der Waals surface area contributed by atoms with Gasteiger partial charge in [0.25, 0.3) is 5.91 Å². The minimum atomic E-state index is -4.30. The van der Waals surface area contributed by atoms with Gasteiger partial charge in [0.05, 0.1) is 26.6 Å². The molecule has 0 unspecified atom stereocenters. The zero-order chi connectivity index (χ0) is 31.7. The number of hydrogen-bond donors (Lipinski definition) is 3. The molecule has 3 N–H and O–H groups in total. The summed E-state index contributed by atoms with van der Waals surface area (Å²) in [4.78, 5) is 30.5. The lowest BCUT2D eigenvalue weighted by Gasteiger charge is -2.34. The summed E-state index contributed by atoms with van der Waals surface area (Å²) < 4.78 is 59.4. The number of halogens is 2. The number of anilines is 3. The van der Waals surface area contributed by atoms with Crippen molar-refractivity contribution in [3.05, 3.63) is 71.8 Å². The first-order valence-corrected chi connectivity index (χ1v) is 16.0. The fourth-order valence-electron chi connectivity index (χ4n) is 5.54. The number of ether oxygens (including phenoxy) is 1. The molecule has 3 aromatic carbocycles. The molecule has 0 bridgehead atoms. The number of rotatable bonds is 7. The van der Waals surface area contributed by atoms with E-state index in [4.69, 9.17) is 4.74 Å². The normalized spacial score (nSPS) is 16.6. The van der Waals surface area contributed by atoms with E-state index >= 15 is 0 Å². The summed E-state index contributed by atoms with van der Waals surface area (Å²) in [6.07, 6.45) is 1.16. The van der Waals surface area contributed by atoms with Gasteiger partial charge in [0.1, 0.15) is 11.6 Å². The first-order chi connectivity index (χ1) is 21.6. The summed E-state index contributed by atoms with van der Waals surface area (Å²) in [7, 11) is -2.24. The van der Waals surface area contributed by atoms with Crippen molar-refractivity contribution in [1.29, 1.82) is 0 Å². The van der Waals surface area contributed by atoms with Gasteiger partial charge in [-0.1, -0.05) is 0 Å². The van der Waals surface area contributed by atoms with E-state index in [0.29, 0.717) is 43.3 Å². The minimum absolute atomic E-state index is 0.0438. The lowest BCUT2D eigenvalue weighted by molar-refractivity contribution is -0.122. The molecule has 0 saturated carbocycles. The van der Waals surface area contributed by atoms with Gasteiger partial charge in [0, 0.05) is 62.5 Å². The van der Waals surface area contributed by atoms with Gasteiger partial charge in [-0.05, 0) is 68.4 Å². The average Bonchev–Trinajstić information content (AvgIpc) is 3.43. The summed E-state index contributed by atoms with van der Waals surface area (Å²) in [6, 6.07) is 11.3. The number of fused-ring (bicyclic) bond motifs is 1. The Labute approximate surface area is 258 Å². The molecule has 2 fully saturated rings. The molecular weight excluding hydrogens is 606 g/mol. The number of carbonyl (C=O) groups is 2. The Balaban J connectivity index is 1.30. The predicted molar refractivity (Wildman–Crippen MR) is 164 cm³/mol. The van der Waals surface area contributed by atoms with Crippen LogP contribution >= 0.6 is 0 Å². The van der Waals surface area contributed by atoms with E-state index in [-0.39, 0.29) is 33.5 Å². The molecular formula is C31H32F2N6O5S. The molecule has 0 spiro atoms. The molecule has 2 amide bonds. The Morgan fingerprint density at radius 2 is 1.62 bits per heavy atom. The summed E-state index contributed by atoms with van der Waals surface area (Å²) in [6.45, 7) is 4.33. The van der Waals surface area contributed by atoms with Crippen LogP contribution in [0.2, 0.25) is 0 Å². The summed E-state index contributed by atoms with van der Waals surface area (Å²) in [5.74, 6) is -3.02. The van der Waals surface area contributed by atoms with Gasteiger partial charge < -0.3 is 25.2 Å². The van der Waals surface area contributed by atoms with Crippen LogP contribution in [0.15, 0.2) is 64.4 Å². The fraction of sp³-hybridized carbons (Fsp3) is 0.323. The Hall–Kier alpha value is -4.40. The van der Waals surface area contributed by atoms with Crippen molar-refractivity contribution in [3.8, 4) is 0 Å². The molecule has 11 nitrogen and oxygen atoms in total. The van der Waals surface area contributed by atoms with Crippen LogP contribution in [-0.4, -0.2) is 81.8 Å². The minimum Gasteiger partial charge on any atom is -0.381 e. The van der Waals surface area contributed by atoms with Crippen LogP contribution in [0.25, 0.3) is 10.9 Å². The monoisotopic (exact) mass is 638 g/mol. The van der Waals surface area contributed by atoms with Gasteiger partial charge in [-0.25, -0.2) is 17.2 Å². The van der Waals surface area contributed by atoms with Gasteiger partial charge >= 0.3 is 0 Å². The molecule has 1 aromatic heterocycles. The molecule has 0 aliphatic carbocycles. The van der Waals surface area contributed by atoms with Gasteiger partial charge in [0.2, 0.25) is 15.7 Å². The summed E-state index contributed by atoms with van der Waals surface area (Å²) in [5.41, 5.74) is 1.84. The number of nitrogens with zero attached hydrogens (tertiary/aromatic N) is 3. The van der Waals surface area contributed by atoms with Gasteiger partial charge in [0.15, 0.2) is 5.82 Å². The molecule has 0 radical (unpaired) electrons. The number of hydrogen-bond acceptors (Lipinski definition) is 8. The SMILES string of the molecule is CN1CCN(c2ccc(C(=O)Nc3n[nH]c4ccc(S(=O)(=O)c5cc(F)cc(F)c5)cc34)c(NC(=O)C3CCOCC3)c2)CC1. The highest BCUT2D eigenvalue weighted by molar-refractivity contribution is 7.91. The van der Waals surface area contributed by atoms with Crippen molar-refractivity contribution in [3.63, 3.8) is 0 Å². The lowest BCUT2D eigenvalue weighted by atomic mass is 9.99. The first-order valence-electron chi connectivity index (χ1n) is 14.6. The van der Waals surface area contributed by atoms with Crippen molar-refractivity contribution < 1.29 is 31.5 Å². The quantitative estimate of drug-likeness (QED) is 0.276. The van der Waals surface area contributed by atoms with Crippen LogP contribution in [0.3, 0.4) is 0 Å². The average molecular weight is 639 g/mol. The lowest BCUT2D eigenvalue weighted by Crippen LogP contribution is -2.44. The maximum atomic E-state index is 13.8. The number of H-pyrrole nitrogens is 1. The van der Waals surface area contributed by atoms with Gasteiger partial charge in [-0.15, -0.1) is 0 Å². The Morgan fingerprint density at radius 3 is 2.33 bits per heavy atom. The molecule has 3 heterocycles. The number of carbonyl (C=O) groups excluding carboxylic acids is 2. The number of nitrogens with one attached hydrogen (secondary N) is 3. The number of likely N-dealkylation sites (N-methyl/N-ethyl adjacent to an activating group) is 1. The molecule has 2 aliphatic heterocycles. The molecule has 14 heteroatoms. The van der Waals surface area contributed by atoms with Crippen LogP contribution in [-0.2, 0) is 19.4 Å². The molecule has 4 aromatic rings. The largest absolute Gasteiger partial charge is 0.381 e. The van der Waals surface area contributed by atoms with Crippen molar-refractivity contribution in [2.24, 2.45) is 5.92 Å². The zero-order valence-corrected chi connectivity index (χ0v) is 25.3. The highest BCUT2D eigenvalue weighted by Crippen LogP contribution is 2.31. The van der Waals surface area contributed by atoms with E-state index in [1.165, 1.54) is 18.2 Å². The number of benzene rings is 3. The van der Waals surface area contributed by atoms with Crippen molar-refractivity contribution in [1.82, 2.24) is 15.1 Å². The Bertz CT molecular complexity index is 1850. The van der Waals surface area contributed by atoms with E-state index in [2.05, 4.69) is 37.7 Å². The van der Waals surface area contributed by atoms with E-state index in [9.17, 15) is 26.8 Å². The number of piperazine rings is 1. The maximum Gasteiger partial charge on any atom is 0.258 e. The maximum absolute atomic E-state index is 13.8. The van der Waals surface area contributed by atoms with E-state index in [1.807, 2.05) is 6.07 Å². The topological polar surface area (TPSA) is 137 Å². The van der Waals surface area contributed by atoms with Crippen molar-refractivity contribution in [2.45, 2.75) is 22.6 Å². The summed E-state index contributed by atoms with van der Waals surface area (Å²) in [5, 5.41) is 12.9. The third-order valence-corrected chi connectivity index (χ3v) is 9.92. The highest BCUT2D eigenvalue weighted by Gasteiger charge is 2.26. The Morgan fingerprint density at radius 1 is 0.911 bits per heavy atom. The van der Waals surface area contributed by atoms with Crippen LogP contribution in [0.5, 0.6) is 0 Å². The first kappa shape index (κ1) is 30.6. The number of amides is 2. The van der Waals surface area contributed by atoms with Crippen molar-refractivity contribution >= 4 is 49.7 Å². The van der Waals surface area contributed by atoms with Gasteiger partial charge in [-0.3, -0.25) is 14.7 Å². The van der Waals surface area contributed by atoms with Crippen LogP contribution in [0.4, 0.5) is 26.0 Å². The molecule has 2 aliphatic rings. The smallest absolute Gasteiger partial charge is 0.258 e. The molecule has 236 valence electrons. The van der Waals surface area contributed by atoms with E-state index in [1.54, 1.807) is 12.1 Å². The van der Waals surface area contributed by atoms with Crippen molar-refractivity contribution in [2.75, 3.05) is 62.0 Å².